The van der Waals surface area contributed by atoms with E-state index in [0.29, 0.717) is 17.7 Å². The summed E-state index contributed by atoms with van der Waals surface area (Å²) in [5.74, 6) is -0.142. The van der Waals surface area contributed by atoms with Crippen LogP contribution >= 0.6 is 0 Å². The van der Waals surface area contributed by atoms with Crippen LogP contribution in [0, 0.1) is 0 Å². The van der Waals surface area contributed by atoms with Crippen LogP contribution in [0.3, 0.4) is 0 Å². The highest BCUT2D eigenvalue weighted by Crippen LogP contribution is 2.13. The Morgan fingerprint density at radius 2 is 1.62 bits per heavy atom. The van der Waals surface area contributed by atoms with E-state index in [1.54, 1.807) is 31.2 Å². The molecule has 3 amide bonds. The maximum absolute atomic E-state index is 12.2. The summed E-state index contributed by atoms with van der Waals surface area (Å²) in [7, 11) is 0. The van der Waals surface area contributed by atoms with E-state index in [1.807, 2.05) is 27.7 Å². The number of aliphatic hydroxyl groups is 1. The van der Waals surface area contributed by atoms with Crippen molar-refractivity contribution in [1.82, 2.24) is 10.6 Å². The molecule has 0 bridgehead atoms. The molecular formula is C18H29N3O3. The second-order valence-corrected chi connectivity index (χ2v) is 6.93. The number of carbonyl (C=O) groups is 2. The average Bonchev–Trinajstić information content (AvgIpc) is 2.53. The Balaban J connectivity index is 2.59. The predicted octanol–water partition coefficient (Wildman–Crippen LogP) is 2.89. The van der Waals surface area contributed by atoms with E-state index in [2.05, 4.69) is 16.0 Å². The fourth-order valence-electron chi connectivity index (χ4n) is 1.74. The van der Waals surface area contributed by atoms with Gasteiger partial charge in [-0.1, -0.05) is 13.8 Å². The number of nitrogens with one attached hydrogen (secondary N) is 3. The van der Waals surface area contributed by atoms with Crippen LogP contribution in [0.2, 0.25) is 0 Å². The summed E-state index contributed by atoms with van der Waals surface area (Å²) in [6.07, 6.45) is 1.38. The zero-order chi connectivity index (χ0) is 18.4. The van der Waals surface area contributed by atoms with Crippen LogP contribution < -0.4 is 16.0 Å². The van der Waals surface area contributed by atoms with E-state index < -0.39 is 11.6 Å². The minimum Gasteiger partial charge on any atom is -0.388 e. The first-order valence-corrected chi connectivity index (χ1v) is 8.28. The van der Waals surface area contributed by atoms with E-state index in [-0.39, 0.29) is 18.0 Å². The van der Waals surface area contributed by atoms with Crippen molar-refractivity contribution in [3.8, 4) is 0 Å². The summed E-state index contributed by atoms with van der Waals surface area (Å²) in [5, 5.41) is 18.1. The third-order valence-electron chi connectivity index (χ3n) is 4.13. The van der Waals surface area contributed by atoms with Gasteiger partial charge in [-0.2, -0.15) is 0 Å². The molecule has 24 heavy (non-hydrogen) atoms. The number of rotatable bonds is 7. The largest absolute Gasteiger partial charge is 0.388 e. The lowest BCUT2D eigenvalue weighted by molar-refractivity contribution is 0.0587. The van der Waals surface area contributed by atoms with Gasteiger partial charge >= 0.3 is 6.03 Å². The van der Waals surface area contributed by atoms with E-state index in [9.17, 15) is 14.7 Å². The Kier molecular flexibility index (Phi) is 6.78. The lowest BCUT2D eigenvalue weighted by Crippen LogP contribution is -2.42. The molecule has 0 fully saturated rings. The molecule has 0 aliphatic heterocycles. The molecule has 0 saturated heterocycles. The van der Waals surface area contributed by atoms with Gasteiger partial charge in [-0.05, 0) is 57.9 Å². The van der Waals surface area contributed by atoms with Crippen LogP contribution in [0.4, 0.5) is 10.5 Å². The zero-order valence-electron chi connectivity index (χ0n) is 15.2. The van der Waals surface area contributed by atoms with E-state index in [1.165, 1.54) is 0 Å². The summed E-state index contributed by atoms with van der Waals surface area (Å²) in [4.78, 5) is 24.0. The van der Waals surface area contributed by atoms with Crippen LogP contribution in [0.25, 0.3) is 0 Å². The number of hydrogen-bond acceptors (Lipinski definition) is 3. The second kappa shape index (κ2) is 8.15. The summed E-state index contributed by atoms with van der Waals surface area (Å²) >= 11 is 0. The molecule has 0 aliphatic rings. The van der Waals surface area contributed by atoms with Gasteiger partial charge in [-0.25, -0.2) is 4.79 Å². The molecular weight excluding hydrogens is 306 g/mol. The topological polar surface area (TPSA) is 90.5 Å². The first kappa shape index (κ1) is 20.0. The van der Waals surface area contributed by atoms with Crippen molar-refractivity contribution >= 4 is 17.6 Å². The minimum atomic E-state index is -0.925. The number of anilines is 1. The molecule has 4 N–H and O–H groups in total. The fourth-order valence-corrected chi connectivity index (χ4v) is 1.74. The van der Waals surface area contributed by atoms with E-state index in [4.69, 9.17) is 0 Å². The van der Waals surface area contributed by atoms with Crippen LogP contribution in [0.5, 0.6) is 0 Å². The van der Waals surface area contributed by atoms with Gasteiger partial charge in [0.25, 0.3) is 5.91 Å². The first-order valence-electron chi connectivity index (χ1n) is 8.28. The Hall–Kier alpha value is -2.08. The molecule has 0 heterocycles. The molecule has 0 saturated carbocycles. The quantitative estimate of drug-likeness (QED) is 0.617. The summed E-state index contributed by atoms with van der Waals surface area (Å²) in [6, 6.07) is 6.28. The van der Waals surface area contributed by atoms with Crippen molar-refractivity contribution in [2.24, 2.45) is 0 Å². The smallest absolute Gasteiger partial charge is 0.319 e. The number of urea groups is 1. The van der Waals surface area contributed by atoms with Crippen molar-refractivity contribution in [3.05, 3.63) is 29.8 Å². The van der Waals surface area contributed by atoms with Crippen LogP contribution in [0.15, 0.2) is 24.3 Å². The molecule has 0 spiro atoms. The van der Waals surface area contributed by atoms with Gasteiger partial charge in [-0.3, -0.25) is 4.79 Å². The van der Waals surface area contributed by atoms with Gasteiger partial charge in [0.1, 0.15) is 0 Å². The fraction of sp³-hybridized carbons (Fsp3) is 0.556. The molecule has 0 aromatic heterocycles. The molecule has 0 radical (unpaired) electrons. The van der Waals surface area contributed by atoms with Gasteiger partial charge in [0.2, 0.25) is 0 Å². The lowest BCUT2D eigenvalue weighted by atomic mass is 10.0. The highest BCUT2D eigenvalue weighted by molar-refractivity contribution is 5.95. The monoisotopic (exact) mass is 335 g/mol. The molecule has 6 nitrogen and oxygen atoms in total. The zero-order valence-corrected chi connectivity index (χ0v) is 15.2. The molecule has 1 rings (SSSR count). The maximum atomic E-state index is 12.2. The molecule has 6 heteroatoms. The Labute approximate surface area is 144 Å². The number of benzene rings is 1. The van der Waals surface area contributed by atoms with Crippen LogP contribution in [-0.2, 0) is 0 Å². The van der Waals surface area contributed by atoms with Gasteiger partial charge in [0, 0.05) is 23.3 Å². The molecule has 0 unspecified atom stereocenters. The highest BCUT2D eigenvalue weighted by atomic mass is 16.3. The Bertz CT molecular complexity index is 565. The van der Waals surface area contributed by atoms with Crippen molar-refractivity contribution in [3.63, 3.8) is 0 Å². The Morgan fingerprint density at radius 1 is 1.04 bits per heavy atom. The van der Waals surface area contributed by atoms with Crippen molar-refractivity contribution in [2.45, 2.75) is 58.6 Å². The predicted molar refractivity (Wildman–Crippen MR) is 96.2 cm³/mol. The highest BCUT2D eigenvalue weighted by Gasteiger charge is 2.19. The third kappa shape index (κ3) is 6.58. The second-order valence-electron chi connectivity index (χ2n) is 6.93. The van der Waals surface area contributed by atoms with Crippen molar-refractivity contribution in [1.29, 1.82) is 0 Å². The first-order chi connectivity index (χ1) is 11.1. The van der Waals surface area contributed by atoms with Crippen LogP contribution in [0.1, 0.15) is 57.8 Å². The van der Waals surface area contributed by atoms with E-state index in [0.717, 1.165) is 6.42 Å². The van der Waals surface area contributed by atoms with Crippen molar-refractivity contribution in [2.75, 3.05) is 11.9 Å². The molecule has 1 aromatic carbocycles. The van der Waals surface area contributed by atoms with E-state index >= 15 is 0 Å². The van der Waals surface area contributed by atoms with Gasteiger partial charge < -0.3 is 21.1 Å². The summed E-state index contributed by atoms with van der Waals surface area (Å²) in [5.41, 5.74) is -0.0681. The minimum absolute atomic E-state index is 0.142. The molecule has 1 aromatic rings. The average molecular weight is 335 g/mol. The van der Waals surface area contributed by atoms with Gasteiger partial charge in [-0.15, -0.1) is 0 Å². The summed E-state index contributed by atoms with van der Waals surface area (Å²) in [6.45, 7) is 9.64. The number of hydrogen-bond donors (Lipinski definition) is 4. The Morgan fingerprint density at radius 3 is 2.12 bits per heavy atom. The van der Waals surface area contributed by atoms with Crippen molar-refractivity contribution < 1.29 is 14.7 Å². The third-order valence-corrected chi connectivity index (χ3v) is 4.13. The SMILES string of the molecule is CCC(C)(C)NC(=O)c1ccc(NC(=O)NC[C@](C)(O)CC)cc1. The van der Waals surface area contributed by atoms with Gasteiger partial charge in [0.15, 0.2) is 0 Å². The molecule has 1 atom stereocenters. The number of carbonyl (C=O) groups excluding carboxylic acids is 2. The maximum Gasteiger partial charge on any atom is 0.319 e. The molecule has 134 valence electrons. The summed E-state index contributed by atoms with van der Waals surface area (Å²) < 4.78 is 0. The standard InChI is InChI=1S/C18H29N3O3/c1-6-17(3,4)21-15(22)13-8-10-14(11-9-13)20-16(23)19-12-18(5,24)7-2/h8-11,24H,6-7,12H2,1-5H3,(H,21,22)(H2,19,20,23)/t18-/m1/s1. The number of amides is 3. The van der Waals surface area contributed by atoms with Crippen LogP contribution in [-0.4, -0.2) is 34.7 Å². The normalized spacial score (nSPS) is 13.8. The molecule has 0 aliphatic carbocycles. The van der Waals surface area contributed by atoms with Gasteiger partial charge in [0.05, 0.1) is 5.60 Å². The lowest BCUT2D eigenvalue weighted by Gasteiger charge is -2.24.